The predicted octanol–water partition coefficient (Wildman–Crippen LogP) is -0.893. The number of piperazine rings is 1. The van der Waals surface area contributed by atoms with E-state index >= 15 is 0 Å². The average Bonchev–Trinajstić information content (AvgIpc) is 2.35. The Bertz CT molecular complexity index is 214. The largest absolute Gasteiger partial charge is 0.353 e. The molecule has 0 aromatic heterocycles. The summed E-state index contributed by atoms with van der Waals surface area (Å²) < 4.78 is 0. The maximum Gasteiger partial charge on any atom is 0.242 e. The molecular formula is C7H10N2O2. The minimum atomic E-state index is -0.156. The van der Waals surface area contributed by atoms with Gasteiger partial charge in [-0.15, -0.1) is 0 Å². The Labute approximate surface area is 64.5 Å². The van der Waals surface area contributed by atoms with Crippen LogP contribution in [0, 0.1) is 0 Å². The molecule has 4 nitrogen and oxygen atoms in total. The van der Waals surface area contributed by atoms with Gasteiger partial charge in [0, 0.05) is 19.5 Å². The van der Waals surface area contributed by atoms with E-state index in [9.17, 15) is 9.59 Å². The molecule has 0 aromatic carbocycles. The molecule has 0 unspecified atom stereocenters. The van der Waals surface area contributed by atoms with Crippen LogP contribution in [-0.4, -0.2) is 35.8 Å². The first-order chi connectivity index (χ1) is 5.29. The van der Waals surface area contributed by atoms with E-state index < -0.39 is 0 Å². The van der Waals surface area contributed by atoms with Crippen LogP contribution in [0.2, 0.25) is 0 Å². The lowest BCUT2D eigenvalue weighted by Crippen LogP contribution is -2.53. The average molecular weight is 154 g/mol. The van der Waals surface area contributed by atoms with Crippen LogP contribution in [0.5, 0.6) is 0 Å². The molecule has 2 amide bonds. The van der Waals surface area contributed by atoms with Crippen molar-refractivity contribution in [1.82, 2.24) is 10.2 Å². The van der Waals surface area contributed by atoms with Crippen molar-refractivity contribution in [3.05, 3.63) is 0 Å². The molecule has 11 heavy (non-hydrogen) atoms. The maximum atomic E-state index is 11.1. The number of rotatable bonds is 0. The molecule has 2 saturated heterocycles. The minimum absolute atomic E-state index is 0.0158. The Morgan fingerprint density at radius 3 is 3.00 bits per heavy atom. The van der Waals surface area contributed by atoms with Gasteiger partial charge in [0.25, 0.3) is 0 Å². The van der Waals surface area contributed by atoms with Crippen LogP contribution in [0.3, 0.4) is 0 Å². The van der Waals surface area contributed by atoms with Gasteiger partial charge in [0.05, 0.1) is 0 Å². The molecule has 2 rings (SSSR count). The molecule has 2 heterocycles. The minimum Gasteiger partial charge on any atom is -0.353 e. The Kier molecular flexibility index (Phi) is 1.34. The summed E-state index contributed by atoms with van der Waals surface area (Å²) in [6, 6.07) is -0.156. The number of nitrogens with one attached hydrogen (secondary N) is 1. The van der Waals surface area contributed by atoms with Crippen LogP contribution in [0.25, 0.3) is 0 Å². The van der Waals surface area contributed by atoms with E-state index in [1.54, 1.807) is 4.90 Å². The molecule has 0 aromatic rings. The van der Waals surface area contributed by atoms with Gasteiger partial charge in [0.15, 0.2) is 0 Å². The molecule has 0 saturated carbocycles. The molecule has 60 valence electrons. The van der Waals surface area contributed by atoms with Crippen molar-refractivity contribution in [2.75, 3.05) is 13.1 Å². The molecule has 0 bridgehead atoms. The van der Waals surface area contributed by atoms with Gasteiger partial charge in [-0.1, -0.05) is 0 Å². The zero-order chi connectivity index (χ0) is 7.84. The van der Waals surface area contributed by atoms with E-state index in [1.165, 1.54) is 0 Å². The fourth-order valence-electron chi connectivity index (χ4n) is 1.70. The highest BCUT2D eigenvalue weighted by molar-refractivity contribution is 5.91. The number of carbonyl (C=O) groups excluding carboxylic acids is 2. The second kappa shape index (κ2) is 2.22. The van der Waals surface area contributed by atoms with Crippen LogP contribution in [0.4, 0.5) is 0 Å². The van der Waals surface area contributed by atoms with Gasteiger partial charge >= 0.3 is 0 Å². The summed E-state index contributed by atoms with van der Waals surface area (Å²) in [6.07, 6.45) is 1.24. The van der Waals surface area contributed by atoms with Gasteiger partial charge in [-0.25, -0.2) is 0 Å². The Morgan fingerprint density at radius 1 is 1.45 bits per heavy atom. The van der Waals surface area contributed by atoms with Crippen molar-refractivity contribution in [3.8, 4) is 0 Å². The molecule has 2 aliphatic rings. The van der Waals surface area contributed by atoms with Crippen molar-refractivity contribution in [3.63, 3.8) is 0 Å². The first-order valence-corrected chi connectivity index (χ1v) is 3.86. The molecule has 2 aliphatic heterocycles. The first kappa shape index (κ1) is 6.64. The third-order valence-corrected chi connectivity index (χ3v) is 2.28. The fourth-order valence-corrected chi connectivity index (χ4v) is 1.70. The fraction of sp³-hybridized carbons (Fsp3) is 0.714. The second-order valence-electron chi connectivity index (χ2n) is 2.93. The molecule has 1 atom stereocenters. The Hall–Kier alpha value is -1.06. The number of amides is 2. The highest BCUT2D eigenvalue weighted by atomic mass is 16.2. The van der Waals surface area contributed by atoms with Crippen LogP contribution in [0.15, 0.2) is 0 Å². The quantitative estimate of drug-likeness (QED) is 0.492. The third-order valence-electron chi connectivity index (χ3n) is 2.28. The van der Waals surface area contributed by atoms with Crippen LogP contribution >= 0.6 is 0 Å². The maximum absolute atomic E-state index is 11.1. The Balaban J connectivity index is 2.19. The van der Waals surface area contributed by atoms with Crippen LogP contribution < -0.4 is 5.32 Å². The van der Waals surface area contributed by atoms with Crippen molar-refractivity contribution < 1.29 is 9.59 Å². The lowest BCUT2D eigenvalue weighted by atomic mass is 10.2. The molecule has 2 fully saturated rings. The number of carbonyl (C=O) groups is 2. The third kappa shape index (κ3) is 0.895. The molecule has 1 N–H and O–H groups in total. The number of hydrogen-bond acceptors (Lipinski definition) is 2. The summed E-state index contributed by atoms with van der Waals surface area (Å²) >= 11 is 0. The van der Waals surface area contributed by atoms with E-state index in [0.717, 1.165) is 0 Å². The number of nitrogens with zero attached hydrogens (tertiary/aromatic N) is 1. The zero-order valence-electron chi connectivity index (χ0n) is 6.17. The predicted molar refractivity (Wildman–Crippen MR) is 37.7 cm³/mol. The van der Waals surface area contributed by atoms with Gasteiger partial charge in [0.1, 0.15) is 6.04 Å². The highest BCUT2D eigenvalue weighted by Crippen LogP contribution is 2.19. The van der Waals surface area contributed by atoms with Gasteiger partial charge in [-0.3, -0.25) is 9.59 Å². The van der Waals surface area contributed by atoms with Crippen molar-refractivity contribution in [2.24, 2.45) is 0 Å². The van der Waals surface area contributed by atoms with Crippen molar-refractivity contribution in [1.29, 1.82) is 0 Å². The summed E-state index contributed by atoms with van der Waals surface area (Å²) in [5, 5.41) is 2.74. The van der Waals surface area contributed by atoms with E-state index in [4.69, 9.17) is 0 Å². The molecule has 0 aliphatic carbocycles. The normalized spacial score (nSPS) is 30.2. The van der Waals surface area contributed by atoms with Gasteiger partial charge in [-0.05, 0) is 6.42 Å². The van der Waals surface area contributed by atoms with Crippen molar-refractivity contribution >= 4 is 11.8 Å². The number of fused-ring (bicyclic) bond motifs is 1. The van der Waals surface area contributed by atoms with Gasteiger partial charge in [-0.2, -0.15) is 0 Å². The van der Waals surface area contributed by atoms with E-state index in [0.29, 0.717) is 25.9 Å². The zero-order valence-corrected chi connectivity index (χ0v) is 6.17. The summed E-state index contributed by atoms with van der Waals surface area (Å²) in [5.41, 5.74) is 0. The highest BCUT2D eigenvalue weighted by Gasteiger charge is 2.37. The summed E-state index contributed by atoms with van der Waals surface area (Å²) in [4.78, 5) is 23.9. The lowest BCUT2D eigenvalue weighted by Gasteiger charge is -2.28. The summed E-state index contributed by atoms with van der Waals surface area (Å²) in [5.74, 6) is 0.145. The smallest absolute Gasteiger partial charge is 0.242 e. The SMILES string of the molecule is O=C1NCCN2C(=O)CC[C@@H]12. The van der Waals surface area contributed by atoms with E-state index in [2.05, 4.69) is 5.32 Å². The van der Waals surface area contributed by atoms with Crippen molar-refractivity contribution in [2.45, 2.75) is 18.9 Å². The van der Waals surface area contributed by atoms with Gasteiger partial charge < -0.3 is 10.2 Å². The lowest BCUT2D eigenvalue weighted by molar-refractivity contribution is -0.137. The molecule has 0 spiro atoms. The van der Waals surface area contributed by atoms with Crippen LogP contribution in [0.1, 0.15) is 12.8 Å². The second-order valence-corrected chi connectivity index (χ2v) is 2.93. The van der Waals surface area contributed by atoms with E-state index in [1.807, 2.05) is 0 Å². The monoisotopic (exact) mass is 154 g/mol. The topological polar surface area (TPSA) is 49.4 Å². The van der Waals surface area contributed by atoms with Gasteiger partial charge in [0.2, 0.25) is 11.8 Å². The molecule has 0 radical (unpaired) electrons. The van der Waals surface area contributed by atoms with E-state index in [-0.39, 0.29) is 17.9 Å². The van der Waals surface area contributed by atoms with Crippen LogP contribution in [-0.2, 0) is 9.59 Å². The first-order valence-electron chi connectivity index (χ1n) is 3.86. The number of hydrogen-bond donors (Lipinski definition) is 1. The Morgan fingerprint density at radius 2 is 2.27 bits per heavy atom. The molecule has 4 heteroatoms. The standard InChI is InChI=1S/C7H10N2O2/c10-6-2-1-5-7(11)8-3-4-9(5)6/h5H,1-4H2,(H,8,11)/t5-/m0/s1. The molecular weight excluding hydrogens is 144 g/mol. The summed E-state index contributed by atoms with van der Waals surface area (Å²) in [7, 11) is 0. The summed E-state index contributed by atoms with van der Waals surface area (Å²) in [6.45, 7) is 1.30.